The molecular formula is C6H7F2NO. The van der Waals surface area contributed by atoms with Gasteiger partial charge in [0.25, 0.3) is 6.43 Å². The third-order valence-electron chi connectivity index (χ3n) is 1.09. The van der Waals surface area contributed by atoms with Crippen LogP contribution >= 0.6 is 0 Å². The minimum atomic E-state index is -2.53. The van der Waals surface area contributed by atoms with E-state index in [1.165, 1.54) is 12.1 Å². The molecule has 0 amide bonds. The van der Waals surface area contributed by atoms with Crippen molar-refractivity contribution in [2.75, 3.05) is 12.4 Å². The van der Waals surface area contributed by atoms with E-state index in [-0.39, 0.29) is 5.76 Å². The van der Waals surface area contributed by atoms with Crippen LogP contribution in [0.25, 0.3) is 0 Å². The van der Waals surface area contributed by atoms with E-state index in [9.17, 15) is 8.78 Å². The van der Waals surface area contributed by atoms with Crippen LogP contribution in [0.15, 0.2) is 16.5 Å². The van der Waals surface area contributed by atoms with Crippen LogP contribution in [-0.2, 0) is 0 Å². The van der Waals surface area contributed by atoms with Gasteiger partial charge in [0.15, 0.2) is 11.6 Å². The van der Waals surface area contributed by atoms with Crippen LogP contribution in [0.4, 0.5) is 14.7 Å². The van der Waals surface area contributed by atoms with Crippen molar-refractivity contribution in [3.63, 3.8) is 0 Å². The van der Waals surface area contributed by atoms with Crippen LogP contribution in [0, 0.1) is 0 Å². The molecule has 1 N–H and O–H groups in total. The Kier molecular flexibility index (Phi) is 1.89. The summed E-state index contributed by atoms with van der Waals surface area (Å²) in [5, 5.41) is 2.60. The summed E-state index contributed by atoms with van der Waals surface area (Å²) in [6, 6.07) is 2.71. The molecule has 1 heterocycles. The molecule has 4 heteroatoms. The molecule has 0 saturated heterocycles. The number of nitrogens with one attached hydrogen (secondary N) is 1. The highest BCUT2D eigenvalue weighted by Gasteiger charge is 2.10. The Morgan fingerprint density at radius 1 is 1.50 bits per heavy atom. The summed E-state index contributed by atoms with van der Waals surface area (Å²) in [6.45, 7) is 0. The highest BCUT2D eigenvalue weighted by atomic mass is 19.3. The highest BCUT2D eigenvalue weighted by Crippen LogP contribution is 2.22. The van der Waals surface area contributed by atoms with Crippen LogP contribution in [0.3, 0.4) is 0 Å². The lowest BCUT2D eigenvalue weighted by Crippen LogP contribution is -1.83. The fraction of sp³-hybridized carbons (Fsp3) is 0.333. The number of hydrogen-bond acceptors (Lipinski definition) is 2. The van der Waals surface area contributed by atoms with Gasteiger partial charge in [-0.1, -0.05) is 0 Å². The predicted molar refractivity (Wildman–Crippen MR) is 33.2 cm³/mol. The second-order valence-electron chi connectivity index (χ2n) is 1.75. The van der Waals surface area contributed by atoms with Crippen LogP contribution in [0.5, 0.6) is 0 Å². The number of alkyl halides is 2. The molecule has 0 aliphatic rings. The molecule has 56 valence electrons. The average Bonchev–Trinajstić information content (AvgIpc) is 2.34. The maximum atomic E-state index is 11.8. The average molecular weight is 147 g/mol. The quantitative estimate of drug-likeness (QED) is 0.694. The van der Waals surface area contributed by atoms with E-state index in [1.54, 1.807) is 7.05 Å². The van der Waals surface area contributed by atoms with Gasteiger partial charge in [-0.05, 0) is 6.07 Å². The lowest BCUT2D eigenvalue weighted by molar-refractivity contribution is 0.123. The van der Waals surface area contributed by atoms with Crippen molar-refractivity contribution >= 4 is 5.88 Å². The molecule has 10 heavy (non-hydrogen) atoms. The van der Waals surface area contributed by atoms with Gasteiger partial charge in [-0.15, -0.1) is 0 Å². The molecule has 0 radical (unpaired) electrons. The molecule has 0 aliphatic heterocycles. The van der Waals surface area contributed by atoms with E-state index >= 15 is 0 Å². The van der Waals surface area contributed by atoms with Gasteiger partial charge in [0.05, 0.1) is 0 Å². The zero-order valence-corrected chi connectivity index (χ0v) is 5.40. The molecule has 2 nitrogen and oxygen atoms in total. The summed E-state index contributed by atoms with van der Waals surface area (Å²) in [5.74, 6) is 0.0552. The van der Waals surface area contributed by atoms with E-state index in [2.05, 4.69) is 9.73 Å². The van der Waals surface area contributed by atoms with Crippen LogP contribution in [0.2, 0.25) is 0 Å². The van der Waals surface area contributed by atoms with Gasteiger partial charge in [-0.3, -0.25) is 0 Å². The lowest BCUT2D eigenvalue weighted by atomic mass is 10.5. The third-order valence-corrected chi connectivity index (χ3v) is 1.09. The van der Waals surface area contributed by atoms with Crippen molar-refractivity contribution in [1.82, 2.24) is 0 Å². The van der Waals surface area contributed by atoms with E-state index in [1.807, 2.05) is 0 Å². The zero-order chi connectivity index (χ0) is 7.56. The molecule has 1 aromatic rings. The molecule has 0 saturated carbocycles. The molecule has 1 rings (SSSR count). The number of anilines is 1. The molecule has 0 unspecified atom stereocenters. The zero-order valence-electron chi connectivity index (χ0n) is 5.40. The lowest BCUT2D eigenvalue weighted by Gasteiger charge is -1.92. The molecule has 0 fully saturated rings. The maximum absolute atomic E-state index is 11.8. The smallest absolute Gasteiger partial charge is 0.295 e. The summed E-state index contributed by atoms with van der Waals surface area (Å²) in [4.78, 5) is 0. The summed E-state index contributed by atoms with van der Waals surface area (Å²) < 4.78 is 28.2. The molecule has 0 bridgehead atoms. The van der Waals surface area contributed by atoms with Gasteiger partial charge in [-0.25, -0.2) is 8.78 Å². The van der Waals surface area contributed by atoms with Crippen molar-refractivity contribution in [2.24, 2.45) is 0 Å². The molecule has 0 aromatic carbocycles. The topological polar surface area (TPSA) is 25.2 Å². The summed E-state index contributed by atoms with van der Waals surface area (Å²) in [7, 11) is 1.61. The maximum Gasteiger partial charge on any atom is 0.295 e. The first-order chi connectivity index (χ1) is 4.74. The summed E-state index contributed by atoms with van der Waals surface area (Å²) in [6.07, 6.45) is -2.53. The predicted octanol–water partition coefficient (Wildman–Crippen LogP) is 2.26. The largest absolute Gasteiger partial charge is 0.440 e. The Balaban J connectivity index is 2.78. The Hall–Kier alpha value is -1.06. The fourth-order valence-electron chi connectivity index (χ4n) is 0.604. The van der Waals surface area contributed by atoms with Crippen LogP contribution in [-0.4, -0.2) is 7.05 Å². The summed E-state index contributed by atoms with van der Waals surface area (Å²) in [5.41, 5.74) is 0. The van der Waals surface area contributed by atoms with Crippen molar-refractivity contribution in [2.45, 2.75) is 6.43 Å². The number of rotatable bonds is 2. The minimum absolute atomic E-state index is 0.302. The van der Waals surface area contributed by atoms with E-state index in [0.717, 1.165) is 0 Å². The standard InChI is InChI=1S/C6H7F2NO/c1-9-5-3-2-4(10-5)6(7)8/h2-3,6,9H,1H3. The molecule has 0 aliphatic carbocycles. The SMILES string of the molecule is CNc1ccc(C(F)F)o1. The summed E-state index contributed by atoms with van der Waals surface area (Å²) >= 11 is 0. The minimum Gasteiger partial charge on any atom is -0.440 e. The first-order valence-corrected chi connectivity index (χ1v) is 2.79. The van der Waals surface area contributed by atoms with Gasteiger partial charge < -0.3 is 9.73 Å². The Labute approximate surface area is 56.8 Å². The van der Waals surface area contributed by atoms with Crippen molar-refractivity contribution in [3.8, 4) is 0 Å². The van der Waals surface area contributed by atoms with Crippen LogP contribution in [0.1, 0.15) is 12.2 Å². The normalized spacial score (nSPS) is 10.4. The van der Waals surface area contributed by atoms with Crippen molar-refractivity contribution < 1.29 is 13.2 Å². The first kappa shape index (κ1) is 7.05. The highest BCUT2D eigenvalue weighted by molar-refractivity contribution is 5.31. The number of hydrogen-bond donors (Lipinski definition) is 1. The van der Waals surface area contributed by atoms with Crippen molar-refractivity contribution in [1.29, 1.82) is 0 Å². The van der Waals surface area contributed by atoms with E-state index in [0.29, 0.717) is 5.88 Å². The van der Waals surface area contributed by atoms with Crippen molar-refractivity contribution in [3.05, 3.63) is 17.9 Å². The van der Waals surface area contributed by atoms with Gasteiger partial charge in [0.2, 0.25) is 0 Å². The monoisotopic (exact) mass is 147 g/mol. The van der Waals surface area contributed by atoms with Gasteiger partial charge in [0, 0.05) is 13.1 Å². The Morgan fingerprint density at radius 2 is 2.20 bits per heavy atom. The number of halogens is 2. The van der Waals surface area contributed by atoms with Gasteiger partial charge in [0.1, 0.15) is 0 Å². The second kappa shape index (κ2) is 2.68. The third kappa shape index (κ3) is 1.26. The molecular weight excluding hydrogens is 140 g/mol. The van der Waals surface area contributed by atoms with E-state index in [4.69, 9.17) is 0 Å². The van der Waals surface area contributed by atoms with E-state index < -0.39 is 6.43 Å². The Bertz CT molecular complexity index is 209. The first-order valence-electron chi connectivity index (χ1n) is 2.79. The number of furan rings is 1. The molecule has 1 aromatic heterocycles. The molecule has 0 atom stereocenters. The van der Waals surface area contributed by atoms with Crippen LogP contribution < -0.4 is 5.32 Å². The molecule has 0 spiro atoms. The fourth-order valence-corrected chi connectivity index (χ4v) is 0.604. The Morgan fingerprint density at radius 3 is 2.50 bits per heavy atom. The van der Waals surface area contributed by atoms with Gasteiger partial charge >= 0.3 is 0 Å². The second-order valence-corrected chi connectivity index (χ2v) is 1.75. The van der Waals surface area contributed by atoms with Gasteiger partial charge in [-0.2, -0.15) is 0 Å².